The molecule has 2 heterocycles. The first-order valence-corrected chi connectivity index (χ1v) is 5.87. The van der Waals surface area contributed by atoms with Crippen LogP contribution in [-0.4, -0.2) is 10.2 Å². The van der Waals surface area contributed by atoms with Gasteiger partial charge in [0.15, 0.2) is 0 Å². The third-order valence-corrected chi connectivity index (χ3v) is 3.82. The second-order valence-corrected chi connectivity index (χ2v) is 4.85. The number of aromatic nitrogens is 2. The van der Waals surface area contributed by atoms with E-state index in [1.165, 1.54) is 4.90 Å². The minimum Gasteiger partial charge on any atom is -0.382 e. The number of hydrogen-bond acceptors (Lipinski definition) is 3. The van der Waals surface area contributed by atoms with Crippen molar-refractivity contribution in [2.75, 3.05) is 5.73 Å². The second kappa shape index (κ2) is 3.18. The second-order valence-electron chi connectivity index (χ2n) is 3.39. The highest BCUT2D eigenvalue weighted by Gasteiger charge is 2.21. The quantitative estimate of drug-likeness (QED) is 0.741. The number of nitrogens with one attached hydrogen (secondary N) is 1. The zero-order chi connectivity index (χ0) is 10.4. The van der Waals surface area contributed by atoms with Crippen molar-refractivity contribution >= 4 is 29.2 Å². The van der Waals surface area contributed by atoms with E-state index < -0.39 is 0 Å². The maximum Gasteiger partial charge on any atom is 0.149 e. The van der Waals surface area contributed by atoms with E-state index in [-0.39, 0.29) is 0 Å². The topological polar surface area (TPSA) is 54.7 Å². The first-order valence-electron chi connectivity index (χ1n) is 4.51. The number of benzene rings is 1. The summed E-state index contributed by atoms with van der Waals surface area (Å²) in [6.45, 7) is 0. The normalized spacial score (nSPS) is 13.4. The highest BCUT2D eigenvalue weighted by atomic mass is 35.5. The fourth-order valence-electron chi connectivity index (χ4n) is 1.72. The van der Waals surface area contributed by atoms with Crippen LogP contribution in [0.3, 0.4) is 0 Å². The molecule has 0 saturated heterocycles. The Kier molecular flexibility index (Phi) is 1.94. The molecule has 0 aliphatic carbocycles. The van der Waals surface area contributed by atoms with E-state index in [1.54, 1.807) is 11.8 Å². The third-order valence-electron chi connectivity index (χ3n) is 2.48. The summed E-state index contributed by atoms with van der Waals surface area (Å²) in [4.78, 5) is 1.22. The van der Waals surface area contributed by atoms with Gasteiger partial charge in [0.1, 0.15) is 5.82 Å². The van der Waals surface area contributed by atoms with Crippen molar-refractivity contribution in [3.05, 3.63) is 28.8 Å². The molecule has 0 unspecified atom stereocenters. The average Bonchev–Trinajstić information content (AvgIpc) is 2.61. The van der Waals surface area contributed by atoms with E-state index in [0.29, 0.717) is 5.82 Å². The predicted molar refractivity (Wildman–Crippen MR) is 63.0 cm³/mol. The molecule has 0 amide bonds. The van der Waals surface area contributed by atoms with Crippen LogP contribution in [0.15, 0.2) is 23.1 Å². The van der Waals surface area contributed by atoms with Crippen molar-refractivity contribution < 1.29 is 0 Å². The van der Waals surface area contributed by atoms with Crippen molar-refractivity contribution in [3.8, 4) is 11.3 Å². The van der Waals surface area contributed by atoms with Crippen LogP contribution in [0, 0.1) is 0 Å². The van der Waals surface area contributed by atoms with Gasteiger partial charge in [-0.15, -0.1) is 11.8 Å². The smallest absolute Gasteiger partial charge is 0.149 e. The SMILES string of the molecule is Nc1n[nH]c2c1CSc1ccc(Cl)cc1-2. The van der Waals surface area contributed by atoms with E-state index in [4.69, 9.17) is 17.3 Å². The number of nitrogens with zero attached hydrogens (tertiary/aromatic N) is 1. The van der Waals surface area contributed by atoms with Gasteiger partial charge < -0.3 is 5.73 Å². The molecule has 0 atom stereocenters. The fourth-order valence-corrected chi connectivity index (χ4v) is 2.97. The van der Waals surface area contributed by atoms with Crippen LogP contribution in [0.5, 0.6) is 0 Å². The zero-order valence-electron chi connectivity index (χ0n) is 7.75. The van der Waals surface area contributed by atoms with Gasteiger partial charge in [-0.25, -0.2) is 0 Å². The van der Waals surface area contributed by atoms with Gasteiger partial charge in [0.25, 0.3) is 0 Å². The van der Waals surface area contributed by atoms with E-state index in [0.717, 1.165) is 27.6 Å². The van der Waals surface area contributed by atoms with Crippen LogP contribution in [0.25, 0.3) is 11.3 Å². The Bertz CT molecular complexity index is 535. The number of halogens is 1. The Balaban J connectivity index is 2.28. The molecule has 0 saturated carbocycles. The molecular weight excluding hydrogens is 230 g/mol. The lowest BCUT2D eigenvalue weighted by Crippen LogP contribution is -1.96. The van der Waals surface area contributed by atoms with E-state index >= 15 is 0 Å². The van der Waals surface area contributed by atoms with Gasteiger partial charge in [-0.3, -0.25) is 5.10 Å². The molecule has 5 heteroatoms. The number of H-pyrrole nitrogens is 1. The van der Waals surface area contributed by atoms with Crippen LogP contribution in [0.1, 0.15) is 5.56 Å². The van der Waals surface area contributed by atoms with E-state index in [2.05, 4.69) is 10.2 Å². The van der Waals surface area contributed by atoms with Gasteiger partial charge in [0.2, 0.25) is 0 Å². The molecule has 0 fully saturated rings. The summed E-state index contributed by atoms with van der Waals surface area (Å²) in [5.41, 5.74) is 8.95. The molecular formula is C10H8ClN3S. The van der Waals surface area contributed by atoms with E-state index in [9.17, 15) is 0 Å². The minimum absolute atomic E-state index is 0.586. The number of aromatic amines is 1. The number of fused-ring (bicyclic) bond motifs is 3. The molecule has 1 aliphatic rings. The number of rotatable bonds is 0. The predicted octanol–water partition coefficient (Wildman–Crippen LogP) is 2.92. The first-order chi connectivity index (χ1) is 7.25. The monoisotopic (exact) mass is 237 g/mol. The lowest BCUT2D eigenvalue weighted by Gasteiger charge is -2.15. The summed E-state index contributed by atoms with van der Waals surface area (Å²) in [5, 5.41) is 7.72. The van der Waals surface area contributed by atoms with Gasteiger partial charge in [-0.2, -0.15) is 5.10 Å². The van der Waals surface area contributed by atoms with Crippen molar-refractivity contribution in [3.63, 3.8) is 0 Å². The van der Waals surface area contributed by atoms with Crippen LogP contribution >= 0.6 is 23.4 Å². The maximum absolute atomic E-state index is 5.98. The highest BCUT2D eigenvalue weighted by Crippen LogP contribution is 2.42. The summed E-state index contributed by atoms with van der Waals surface area (Å²) in [6, 6.07) is 5.87. The molecule has 1 aliphatic heterocycles. The van der Waals surface area contributed by atoms with Crippen molar-refractivity contribution in [2.45, 2.75) is 10.6 Å². The summed E-state index contributed by atoms with van der Waals surface area (Å²) in [7, 11) is 0. The third kappa shape index (κ3) is 1.33. The number of nitrogen functional groups attached to an aromatic ring is 1. The Hall–Kier alpha value is -1.13. The van der Waals surface area contributed by atoms with Gasteiger partial charge in [-0.1, -0.05) is 11.6 Å². The van der Waals surface area contributed by atoms with Crippen molar-refractivity contribution in [1.29, 1.82) is 0 Å². The summed E-state index contributed by atoms with van der Waals surface area (Å²) in [6.07, 6.45) is 0. The van der Waals surface area contributed by atoms with Gasteiger partial charge in [0, 0.05) is 26.8 Å². The van der Waals surface area contributed by atoms with Gasteiger partial charge >= 0.3 is 0 Å². The molecule has 0 radical (unpaired) electrons. The lowest BCUT2D eigenvalue weighted by molar-refractivity contribution is 1.10. The Morgan fingerprint density at radius 2 is 2.33 bits per heavy atom. The molecule has 76 valence electrons. The number of hydrogen-bond donors (Lipinski definition) is 2. The van der Waals surface area contributed by atoms with Crippen LogP contribution in [0.4, 0.5) is 5.82 Å². The molecule has 2 aromatic rings. The summed E-state index contributed by atoms with van der Waals surface area (Å²) < 4.78 is 0. The maximum atomic E-state index is 5.98. The Morgan fingerprint density at radius 1 is 1.47 bits per heavy atom. The molecule has 0 spiro atoms. The zero-order valence-corrected chi connectivity index (χ0v) is 9.32. The average molecular weight is 238 g/mol. The van der Waals surface area contributed by atoms with Gasteiger partial charge in [0.05, 0.1) is 5.69 Å². The van der Waals surface area contributed by atoms with Crippen LogP contribution in [-0.2, 0) is 5.75 Å². The van der Waals surface area contributed by atoms with Crippen LogP contribution < -0.4 is 5.73 Å². The molecule has 1 aromatic carbocycles. The molecule has 3 nitrogen and oxygen atoms in total. The fraction of sp³-hybridized carbons (Fsp3) is 0.100. The summed E-state index contributed by atoms with van der Waals surface area (Å²) >= 11 is 7.74. The van der Waals surface area contributed by atoms with Crippen LogP contribution in [0.2, 0.25) is 5.02 Å². The number of anilines is 1. The Morgan fingerprint density at radius 3 is 3.20 bits per heavy atom. The molecule has 0 bridgehead atoms. The lowest BCUT2D eigenvalue weighted by atomic mass is 10.1. The first kappa shape index (κ1) is 9.12. The molecule has 3 rings (SSSR count). The largest absolute Gasteiger partial charge is 0.382 e. The highest BCUT2D eigenvalue weighted by molar-refractivity contribution is 7.98. The number of nitrogens with two attached hydrogens (primary N) is 1. The van der Waals surface area contributed by atoms with Gasteiger partial charge in [-0.05, 0) is 18.2 Å². The molecule has 1 aromatic heterocycles. The standard InChI is InChI=1S/C10H8ClN3S/c11-5-1-2-8-6(3-5)9-7(4-15-8)10(12)14-13-9/h1-3H,4H2,(H3,12,13,14). The Labute approximate surface area is 96.0 Å². The van der Waals surface area contributed by atoms with Crippen molar-refractivity contribution in [2.24, 2.45) is 0 Å². The van der Waals surface area contributed by atoms with E-state index in [1.807, 2.05) is 18.2 Å². The number of thioether (sulfide) groups is 1. The molecule has 3 N–H and O–H groups in total. The van der Waals surface area contributed by atoms with Crippen molar-refractivity contribution in [1.82, 2.24) is 10.2 Å². The summed E-state index contributed by atoms with van der Waals surface area (Å²) in [5.74, 6) is 1.45. The minimum atomic E-state index is 0.586. The molecule has 15 heavy (non-hydrogen) atoms.